The van der Waals surface area contributed by atoms with Gasteiger partial charge in [-0.05, 0) is 6.07 Å². The smallest absolute Gasteiger partial charge is 0.289 e. The molecular weight excluding hydrogens is 322 g/mol. The SMILES string of the molecule is COc1ccccc1CN(CCO)c1ncc([N+](=O)[O-])cc1Cl. The Hall–Kier alpha value is -2.38. The third kappa shape index (κ3) is 4.08. The zero-order valence-corrected chi connectivity index (χ0v) is 13.2. The van der Waals surface area contributed by atoms with Crippen LogP contribution in [-0.4, -0.2) is 35.3 Å². The Balaban J connectivity index is 2.33. The lowest BCUT2D eigenvalue weighted by molar-refractivity contribution is -0.385. The number of nitro groups is 1. The average molecular weight is 338 g/mol. The van der Waals surface area contributed by atoms with E-state index in [-0.39, 0.29) is 23.9 Å². The Morgan fingerprint density at radius 3 is 2.78 bits per heavy atom. The summed E-state index contributed by atoms with van der Waals surface area (Å²) in [5.74, 6) is 1.07. The van der Waals surface area contributed by atoms with E-state index in [0.717, 1.165) is 11.8 Å². The van der Waals surface area contributed by atoms with Gasteiger partial charge in [-0.25, -0.2) is 4.98 Å². The van der Waals surface area contributed by atoms with Crippen molar-refractivity contribution in [3.8, 4) is 5.75 Å². The molecule has 0 unspecified atom stereocenters. The number of benzene rings is 1. The van der Waals surface area contributed by atoms with E-state index in [9.17, 15) is 15.2 Å². The highest BCUT2D eigenvalue weighted by atomic mass is 35.5. The predicted molar refractivity (Wildman–Crippen MR) is 87.0 cm³/mol. The molecule has 0 fully saturated rings. The minimum absolute atomic E-state index is 0.107. The van der Waals surface area contributed by atoms with Crippen molar-refractivity contribution in [3.05, 3.63) is 57.2 Å². The molecule has 8 heteroatoms. The predicted octanol–water partition coefficient (Wildman–Crippen LogP) is 2.65. The minimum Gasteiger partial charge on any atom is -0.496 e. The Morgan fingerprint density at radius 2 is 2.17 bits per heavy atom. The standard InChI is InChI=1S/C15H16ClN3O4/c1-23-14-5-3-2-4-11(14)10-18(6-7-20)15-13(16)8-12(9-17-15)19(21)22/h2-5,8-9,20H,6-7,10H2,1H3. The summed E-state index contributed by atoms with van der Waals surface area (Å²) in [6.45, 7) is 0.571. The van der Waals surface area contributed by atoms with Crippen LogP contribution in [0.25, 0.3) is 0 Å². The van der Waals surface area contributed by atoms with Crippen molar-refractivity contribution in [2.45, 2.75) is 6.54 Å². The number of nitrogens with zero attached hydrogens (tertiary/aromatic N) is 3. The molecule has 2 rings (SSSR count). The van der Waals surface area contributed by atoms with Gasteiger partial charge in [0.05, 0.1) is 23.7 Å². The highest BCUT2D eigenvalue weighted by Gasteiger charge is 2.17. The number of halogens is 1. The number of anilines is 1. The lowest BCUT2D eigenvalue weighted by Crippen LogP contribution is -2.27. The number of pyridine rings is 1. The van der Waals surface area contributed by atoms with Crippen LogP contribution in [0, 0.1) is 10.1 Å². The van der Waals surface area contributed by atoms with Gasteiger partial charge in [0.1, 0.15) is 17.8 Å². The van der Waals surface area contributed by atoms with Crippen molar-refractivity contribution in [2.24, 2.45) is 0 Å². The quantitative estimate of drug-likeness (QED) is 0.617. The molecule has 0 bridgehead atoms. The van der Waals surface area contributed by atoms with Crippen LogP contribution in [0.15, 0.2) is 36.5 Å². The van der Waals surface area contributed by atoms with Crippen molar-refractivity contribution in [3.63, 3.8) is 0 Å². The Kier molecular flexibility index (Phi) is 5.72. The molecule has 0 aliphatic heterocycles. The molecule has 1 heterocycles. The molecule has 0 spiro atoms. The van der Waals surface area contributed by atoms with E-state index >= 15 is 0 Å². The number of aliphatic hydroxyl groups is 1. The maximum Gasteiger partial charge on any atom is 0.289 e. The van der Waals surface area contributed by atoms with Gasteiger partial charge in [0, 0.05) is 24.7 Å². The lowest BCUT2D eigenvalue weighted by atomic mass is 10.2. The number of hydrogen-bond acceptors (Lipinski definition) is 6. The first-order valence-corrected chi connectivity index (χ1v) is 7.22. The van der Waals surface area contributed by atoms with Gasteiger partial charge < -0.3 is 14.7 Å². The van der Waals surface area contributed by atoms with E-state index in [1.165, 1.54) is 6.07 Å². The molecule has 0 aliphatic carbocycles. The topological polar surface area (TPSA) is 88.7 Å². The fraction of sp³-hybridized carbons (Fsp3) is 0.267. The van der Waals surface area contributed by atoms with Crippen LogP contribution >= 0.6 is 11.6 Å². The third-order valence-electron chi connectivity index (χ3n) is 3.24. The molecule has 0 amide bonds. The number of aromatic nitrogens is 1. The number of hydrogen-bond donors (Lipinski definition) is 1. The fourth-order valence-electron chi connectivity index (χ4n) is 2.17. The Bertz CT molecular complexity index is 696. The average Bonchev–Trinajstić information content (AvgIpc) is 2.54. The summed E-state index contributed by atoms with van der Waals surface area (Å²) >= 11 is 6.12. The zero-order chi connectivity index (χ0) is 16.8. The Morgan fingerprint density at radius 1 is 1.43 bits per heavy atom. The molecular formula is C15H16ClN3O4. The largest absolute Gasteiger partial charge is 0.496 e. The van der Waals surface area contributed by atoms with E-state index in [0.29, 0.717) is 18.1 Å². The first-order valence-electron chi connectivity index (χ1n) is 6.84. The maximum atomic E-state index is 10.8. The molecule has 0 atom stereocenters. The summed E-state index contributed by atoms with van der Waals surface area (Å²) in [6, 6.07) is 8.70. The second-order valence-corrected chi connectivity index (χ2v) is 5.12. The van der Waals surface area contributed by atoms with Crippen LogP contribution in [0.3, 0.4) is 0 Å². The molecule has 122 valence electrons. The van der Waals surface area contributed by atoms with Gasteiger partial charge >= 0.3 is 0 Å². The number of ether oxygens (including phenoxy) is 1. The third-order valence-corrected chi connectivity index (χ3v) is 3.52. The molecule has 23 heavy (non-hydrogen) atoms. The minimum atomic E-state index is -0.556. The number of para-hydroxylation sites is 1. The van der Waals surface area contributed by atoms with Gasteiger partial charge in [-0.15, -0.1) is 0 Å². The number of methoxy groups -OCH3 is 1. The second kappa shape index (κ2) is 7.75. The molecule has 0 aliphatic rings. The molecule has 0 saturated heterocycles. The Labute approximate surface area is 138 Å². The highest BCUT2D eigenvalue weighted by Crippen LogP contribution is 2.29. The summed E-state index contributed by atoms with van der Waals surface area (Å²) in [7, 11) is 1.58. The van der Waals surface area contributed by atoms with Gasteiger partial charge in [-0.2, -0.15) is 0 Å². The van der Waals surface area contributed by atoms with Gasteiger partial charge in [0.15, 0.2) is 0 Å². The van der Waals surface area contributed by atoms with Crippen LogP contribution in [0.1, 0.15) is 5.56 Å². The van der Waals surface area contributed by atoms with Crippen LogP contribution < -0.4 is 9.64 Å². The van der Waals surface area contributed by atoms with E-state index in [2.05, 4.69) is 4.98 Å². The lowest BCUT2D eigenvalue weighted by Gasteiger charge is -2.24. The summed E-state index contributed by atoms with van der Waals surface area (Å²) in [5.41, 5.74) is 0.708. The van der Waals surface area contributed by atoms with Crippen LogP contribution in [-0.2, 0) is 6.54 Å². The second-order valence-electron chi connectivity index (χ2n) is 4.71. The van der Waals surface area contributed by atoms with Gasteiger partial charge in [-0.1, -0.05) is 29.8 Å². The van der Waals surface area contributed by atoms with Gasteiger partial charge in [-0.3, -0.25) is 10.1 Å². The van der Waals surface area contributed by atoms with E-state index in [4.69, 9.17) is 16.3 Å². The molecule has 0 saturated carbocycles. The summed E-state index contributed by atoms with van der Waals surface area (Å²) in [5, 5.41) is 20.2. The van der Waals surface area contributed by atoms with Crippen LogP contribution in [0.5, 0.6) is 5.75 Å². The van der Waals surface area contributed by atoms with E-state index in [1.54, 1.807) is 12.0 Å². The van der Waals surface area contributed by atoms with Crippen molar-refractivity contribution >= 4 is 23.1 Å². The summed E-state index contributed by atoms with van der Waals surface area (Å²) in [4.78, 5) is 16.0. The van der Waals surface area contributed by atoms with E-state index < -0.39 is 4.92 Å². The van der Waals surface area contributed by atoms with E-state index in [1.807, 2.05) is 24.3 Å². The van der Waals surface area contributed by atoms with Gasteiger partial charge in [0.25, 0.3) is 5.69 Å². The van der Waals surface area contributed by atoms with Gasteiger partial charge in [0.2, 0.25) is 0 Å². The van der Waals surface area contributed by atoms with Crippen molar-refractivity contribution in [2.75, 3.05) is 25.2 Å². The number of aliphatic hydroxyl groups excluding tert-OH is 1. The molecule has 7 nitrogen and oxygen atoms in total. The van der Waals surface area contributed by atoms with Crippen LogP contribution in [0.4, 0.5) is 11.5 Å². The molecule has 0 radical (unpaired) electrons. The summed E-state index contributed by atoms with van der Waals surface area (Å²) in [6.07, 6.45) is 1.15. The van der Waals surface area contributed by atoms with Crippen molar-refractivity contribution in [1.29, 1.82) is 0 Å². The monoisotopic (exact) mass is 337 g/mol. The summed E-state index contributed by atoms with van der Waals surface area (Å²) < 4.78 is 5.31. The molecule has 1 aromatic heterocycles. The number of rotatable bonds is 7. The van der Waals surface area contributed by atoms with Crippen molar-refractivity contribution < 1.29 is 14.8 Å². The highest BCUT2D eigenvalue weighted by molar-refractivity contribution is 6.33. The normalized spacial score (nSPS) is 10.4. The maximum absolute atomic E-state index is 10.8. The molecule has 1 aromatic carbocycles. The van der Waals surface area contributed by atoms with Crippen LogP contribution in [0.2, 0.25) is 5.02 Å². The molecule has 2 aromatic rings. The van der Waals surface area contributed by atoms with Crippen molar-refractivity contribution in [1.82, 2.24) is 4.98 Å². The first kappa shape index (κ1) is 17.0. The zero-order valence-electron chi connectivity index (χ0n) is 12.5. The molecule has 1 N–H and O–H groups in total. The first-order chi connectivity index (χ1) is 11.1. The fourth-order valence-corrected chi connectivity index (χ4v) is 2.45.